The van der Waals surface area contributed by atoms with Gasteiger partial charge in [-0.05, 0) is 24.7 Å². The first-order chi connectivity index (χ1) is 9.36. The highest BCUT2D eigenvalue weighted by atomic mass is 35.5. The van der Waals surface area contributed by atoms with E-state index in [-0.39, 0.29) is 21.9 Å². The summed E-state index contributed by atoms with van der Waals surface area (Å²) in [4.78, 5) is 22.1. The van der Waals surface area contributed by atoms with Crippen LogP contribution in [0.15, 0.2) is 10.1 Å². The molecule has 110 valence electrons. The Morgan fingerprint density at radius 1 is 0.750 bits per heavy atom. The standard InChI is InChI=1S/C14H14Cl4O2/c15-9-10(16)12(20)14(18)8-6-4-2-1-3-5-7(8)13(14,17)11(9)19/h7-8H,1-6H2/t7-,8-,13-,14+/m1/s1. The van der Waals surface area contributed by atoms with Crippen molar-refractivity contribution in [3.8, 4) is 0 Å². The van der Waals surface area contributed by atoms with E-state index < -0.39 is 21.3 Å². The predicted molar refractivity (Wildman–Crippen MR) is 80.6 cm³/mol. The molecule has 2 fully saturated rings. The van der Waals surface area contributed by atoms with E-state index in [9.17, 15) is 9.59 Å². The average Bonchev–Trinajstić information content (AvgIpc) is 2.41. The van der Waals surface area contributed by atoms with Gasteiger partial charge in [-0.2, -0.15) is 0 Å². The summed E-state index contributed by atoms with van der Waals surface area (Å²) in [6.07, 6.45) is 5.86. The molecule has 0 N–H and O–H groups in total. The van der Waals surface area contributed by atoms with Crippen LogP contribution >= 0.6 is 46.4 Å². The van der Waals surface area contributed by atoms with E-state index >= 15 is 0 Å². The fourth-order valence-corrected chi connectivity index (χ4v) is 5.80. The number of carbonyl (C=O) groups is 2. The Balaban J connectivity index is 2.10. The van der Waals surface area contributed by atoms with Crippen molar-refractivity contribution in [3.05, 3.63) is 10.1 Å². The third-order valence-electron chi connectivity index (χ3n) is 5.07. The first-order valence-electron chi connectivity index (χ1n) is 6.89. The quantitative estimate of drug-likeness (QED) is 0.604. The molecule has 2 saturated carbocycles. The maximum atomic E-state index is 12.5. The van der Waals surface area contributed by atoms with Gasteiger partial charge in [0.05, 0.1) is 0 Å². The van der Waals surface area contributed by atoms with Gasteiger partial charge in [-0.15, -0.1) is 23.2 Å². The van der Waals surface area contributed by atoms with Gasteiger partial charge >= 0.3 is 0 Å². The van der Waals surface area contributed by atoms with Crippen molar-refractivity contribution in [2.75, 3.05) is 0 Å². The number of hydrogen-bond donors (Lipinski definition) is 0. The van der Waals surface area contributed by atoms with Crippen LogP contribution in [0.3, 0.4) is 0 Å². The van der Waals surface area contributed by atoms with Crippen molar-refractivity contribution in [2.24, 2.45) is 11.8 Å². The molecular weight excluding hydrogens is 342 g/mol. The van der Waals surface area contributed by atoms with E-state index in [0.717, 1.165) is 38.5 Å². The highest BCUT2D eigenvalue weighted by Crippen LogP contribution is 2.68. The normalized spacial score (nSPS) is 45.2. The number of halogens is 4. The Kier molecular flexibility index (Phi) is 3.69. The van der Waals surface area contributed by atoms with Crippen LogP contribution in [-0.2, 0) is 9.59 Å². The SMILES string of the molecule is O=C1C(Cl)=C(Cl)C(=O)[C@]2(Cl)[C@@H]3CCCCCC[C@H]3[C@]12Cl. The Morgan fingerprint density at radius 3 is 1.45 bits per heavy atom. The third-order valence-corrected chi connectivity index (χ3v) is 7.48. The summed E-state index contributed by atoms with van der Waals surface area (Å²) in [5.74, 6) is -1.14. The van der Waals surface area contributed by atoms with Gasteiger partial charge in [0.25, 0.3) is 0 Å². The molecule has 3 aliphatic carbocycles. The largest absolute Gasteiger partial charge is 0.291 e. The Morgan fingerprint density at radius 2 is 1.10 bits per heavy atom. The molecule has 0 aromatic carbocycles. The van der Waals surface area contributed by atoms with Gasteiger partial charge in [0.2, 0.25) is 0 Å². The summed E-state index contributed by atoms with van der Waals surface area (Å²) in [6, 6.07) is 0. The monoisotopic (exact) mass is 354 g/mol. The molecule has 3 rings (SSSR count). The van der Waals surface area contributed by atoms with Crippen molar-refractivity contribution >= 4 is 58.0 Å². The zero-order valence-corrected chi connectivity index (χ0v) is 13.7. The predicted octanol–water partition coefficient (Wildman–Crippen LogP) is 4.38. The number of fused-ring (bicyclic) bond motifs is 4. The van der Waals surface area contributed by atoms with Crippen molar-refractivity contribution < 1.29 is 9.59 Å². The molecule has 4 atom stereocenters. The maximum absolute atomic E-state index is 12.5. The van der Waals surface area contributed by atoms with Crippen LogP contribution in [0.1, 0.15) is 38.5 Å². The topological polar surface area (TPSA) is 34.1 Å². The van der Waals surface area contributed by atoms with Gasteiger partial charge in [0.15, 0.2) is 11.6 Å². The summed E-state index contributed by atoms with van der Waals surface area (Å²) in [6.45, 7) is 0. The number of rotatable bonds is 0. The fourth-order valence-electron chi connectivity index (χ4n) is 4.07. The van der Waals surface area contributed by atoms with Gasteiger partial charge in [0.1, 0.15) is 19.8 Å². The van der Waals surface area contributed by atoms with Crippen molar-refractivity contribution in [1.82, 2.24) is 0 Å². The lowest BCUT2D eigenvalue weighted by Gasteiger charge is -2.63. The number of hydrogen-bond acceptors (Lipinski definition) is 2. The Hall–Kier alpha value is 0.240. The van der Waals surface area contributed by atoms with E-state index in [1.807, 2.05) is 0 Å². The Labute approximate surface area is 137 Å². The summed E-state index contributed by atoms with van der Waals surface area (Å²) in [5.41, 5.74) is 0. The number of ketones is 2. The molecular formula is C14H14Cl4O2. The number of allylic oxidation sites excluding steroid dienone is 2. The van der Waals surface area contributed by atoms with Crippen LogP contribution in [0.2, 0.25) is 0 Å². The van der Waals surface area contributed by atoms with Gasteiger partial charge in [-0.25, -0.2) is 0 Å². The second-order valence-corrected chi connectivity index (χ2v) is 7.86. The van der Waals surface area contributed by atoms with Crippen molar-refractivity contribution in [2.45, 2.75) is 48.3 Å². The van der Waals surface area contributed by atoms with Crippen LogP contribution in [0.5, 0.6) is 0 Å². The molecule has 0 heterocycles. The molecule has 0 saturated heterocycles. The maximum Gasteiger partial charge on any atom is 0.199 e. The minimum absolute atomic E-state index is 0.0862. The first kappa shape index (κ1) is 15.1. The number of carbonyl (C=O) groups excluding carboxylic acids is 2. The molecule has 0 radical (unpaired) electrons. The van der Waals surface area contributed by atoms with Crippen LogP contribution < -0.4 is 0 Å². The van der Waals surface area contributed by atoms with E-state index in [1.54, 1.807) is 0 Å². The molecule has 20 heavy (non-hydrogen) atoms. The summed E-state index contributed by atoms with van der Waals surface area (Å²) < 4.78 is 0. The van der Waals surface area contributed by atoms with E-state index in [1.165, 1.54) is 0 Å². The molecule has 6 heteroatoms. The van der Waals surface area contributed by atoms with Crippen molar-refractivity contribution in [3.63, 3.8) is 0 Å². The van der Waals surface area contributed by atoms with E-state index in [0.29, 0.717) is 0 Å². The van der Waals surface area contributed by atoms with Crippen LogP contribution in [0.4, 0.5) is 0 Å². The average molecular weight is 356 g/mol. The number of Topliss-reactive ketones (excluding diaryl/α,β-unsaturated/α-hetero) is 2. The lowest BCUT2D eigenvalue weighted by atomic mass is 9.48. The highest BCUT2D eigenvalue weighted by Gasteiger charge is 2.78. The highest BCUT2D eigenvalue weighted by molar-refractivity contribution is 6.67. The summed E-state index contributed by atoms with van der Waals surface area (Å²) in [7, 11) is 0. The van der Waals surface area contributed by atoms with Crippen LogP contribution in [0.25, 0.3) is 0 Å². The van der Waals surface area contributed by atoms with Gasteiger partial charge in [0, 0.05) is 0 Å². The molecule has 0 aromatic rings. The molecule has 2 nitrogen and oxygen atoms in total. The molecule has 0 aliphatic heterocycles. The zero-order chi connectivity index (χ0) is 14.7. The van der Waals surface area contributed by atoms with E-state index in [2.05, 4.69) is 0 Å². The van der Waals surface area contributed by atoms with E-state index in [4.69, 9.17) is 46.4 Å². The van der Waals surface area contributed by atoms with Crippen LogP contribution in [0, 0.1) is 11.8 Å². The molecule has 0 bridgehead atoms. The minimum atomic E-state index is -1.41. The third kappa shape index (κ3) is 1.60. The van der Waals surface area contributed by atoms with Crippen molar-refractivity contribution in [1.29, 1.82) is 0 Å². The molecule has 3 aliphatic rings. The first-order valence-corrected chi connectivity index (χ1v) is 8.40. The Bertz CT molecular complexity index is 483. The molecule has 0 aromatic heterocycles. The van der Waals surface area contributed by atoms with Gasteiger partial charge in [-0.3, -0.25) is 9.59 Å². The smallest absolute Gasteiger partial charge is 0.199 e. The summed E-state index contributed by atoms with van der Waals surface area (Å²) >= 11 is 24.9. The van der Waals surface area contributed by atoms with Crippen LogP contribution in [-0.4, -0.2) is 21.3 Å². The lowest BCUT2D eigenvalue weighted by molar-refractivity contribution is -0.141. The fraction of sp³-hybridized carbons (Fsp3) is 0.714. The van der Waals surface area contributed by atoms with Gasteiger partial charge < -0.3 is 0 Å². The summed E-state index contributed by atoms with van der Waals surface area (Å²) in [5, 5.41) is -0.521. The minimum Gasteiger partial charge on any atom is -0.291 e. The zero-order valence-electron chi connectivity index (χ0n) is 10.7. The van der Waals surface area contributed by atoms with Gasteiger partial charge in [-0.1, -0.05) is 48.9 Å². The molecule has 0 unspecified atom stereocenters. The molecule has 0 spiro atoms. The molecule has 0 amide bonds. The second kappa shape index (κ2) is 4.87. The lowest BCUT2D eigenvalue weighted by Crippen LogP contribution is -2.78. The second-order valence-electron chi connectivity index (χ2n) is 5.91. The number of alkyl halides is 2.